The molecule has 1 aliphatic heterocycles. The molecule has 58 heavy (non-hydrogen) atoms. The molecule has 0 aromatic heterocycles. The molecule has 0 radical (unpaired) electrons. The zero-order chi connectivity index (χ0) is 43.9. The summed E-state index contributed by atoms with van der Waals surface area (Å²) in [5.74, 6) is -2.85. The maximum absolute atomic E-state index is 14.5. The van der Waals surface area contributed by atoms with Crippen molar-refractivity contribution in [3.63, 3.8) is 0 Å². The normalized spacial score (nSPS) is 18.8. The first kappa shape index (κ1) is 51.0. The number of likely N-dealkylation sites (tertiary alicyclic amines) is 1. The number of ketones is 2. The number of carboxylic acids is 1. The Hall–Kier alpha value is -3.15. The largest absolute Gasteiger partial charge is 0.481 e. The molecule has 1 aromatic carbocycles. The monoisotopic (exact) mass is 814 g/mol. The van der Waals surface area contributed by atoms with Gasteiger partial charge in [0.25, 0.3) is 0 Å². The van der Waals surface area contributed by atoms with Crippen LogP contribution in [0.2, 0.25) is 0 Å². The second-order valence-electron chi connectivity index (χ2n) is 18.2. The number of methoxy groups -OCH3 is 2. The van der Waals surface area contributed by atoms with E-state index in [9.17, 15) is 29.1 Å². The van der Waals surface area contributed by atoms with Gasteiger partial charge in [-0.15, -0.1) is 0 Å². The number of nitrogens with zero attached hydrogens (tertiary/aromatic N) is 3. The molecule has 1 heterocycles. The van der Waals surface area contributed by atoms with Gasteiger partial charge < -0.3 is 24.4 Å². The lowest BCUT2D eigenvalue weighted by molar-refractivity contribution is -0.149. The van der Waals surface area contributed by atoms with Crippen LogP contribution in [0.4, 0.5) is 0 Å². The molecule has 0 unspecified atom stereocenters. The van der Waals surface area contributed by atoms with Crippen molar-refractivity contribution in [1.82, 2.24) is 14.7 Å². The van der Waals surface area contributed by atoms with Crippen LogP contribution in [0.1, 0.15) is 119 Å². The van der Waals surface area contributed by atoms with Gasteiger partial charge in [-0.25, -0.2) is 0 Å². The first-order chi connectivity index (χ1) is 27.3. The molecule has 2 rings (SSSR count). The minimum atomic E-state index is -1.02. The maximum Gasteiger partial charge on any atom is 0.307 e. The van der Waals surface area contributed by atoms with E-state index in [2.05, 4.69) is 46.4 Å². The van der Waals surface area contributed by atoms with Gasteiger partial charge in [0, 0.05) is 52.5 Å². The van der Waals surface area contributed by atoms with E-state index >= 15 is 0 Å². The average Bonchev–Trinajstić information content (AvgIpc) is 3.65. The average molecular weight is 814 g/mol. The molecule has 2 amide bonds. The molecule has 0 spiro atoms. The van der Waals surface area contributed by atoms with Crippen LogP contribution in [0.15, 0.2) is 30.3 Å². The van der Waals surface area contributed by atoms with Crippen molar-refractivity contribution in [3.05, 3.63) is 35.9 Å². The van der Waals surface area contributed by atoms with Gasteiger partial charge in [-0.2, -0.15) is 0 Å². The number of aliphatic carboxylic acids is 1. The van der Waals surface area contributed by atoms with Crippen LogP contribution in [0.5, 0.6) is 0 Å². The predicted molar refractivity (Wildman–Crippen MR) is 230 cm³/mol. The molecular weight excluding hydrogens is 735 g/mol. The lowest BCUT2D eigenvalue weighted by atomic mass is 9.83. The van der Waals surface area contributed by atoms with E-state index in [1.807, 2.05) is 51.2 Å². The van der Waals surface area contributed by atoms with Gasteiger partial charge in [0.2, 0.25) is 11.8 Å². The number of amides is 2. The van der Waals surface area contributed by atoms with Crippen LogP contribution < -0.4 is 0 Å². The Morgan fingerprint density at radius 3 is 2.02 bits per heavy atom. The molecule has 0 saturated carbocycles. The smallest absolute Gasteiger partial charge is 0.307 e. The Bertz CT molecular complexity index is 1430. The Morgan fingerprint density at radius 1 is 0.862 bits per heavy atom. The van der Waals surface area contributed by atoms with Crippen molar-refractivity contribution in [2.45, 2.75) is 150 Å². The second-order valence-corrected chi connectivity index (χ2v) is 18.2. The van der Waals surface area contributed by atoms with Crippen molar-refractivity contribution >= 4 is 29.4 Å². The topological polar surface area (TPSA) is 134 Å². The number of Topliss-reactive ketones (excluding diaryl/α,β-unsaturated/α-hetero) is 2. The number of benzene rings is 1. The fraction of sp³-hybridized carbons (Fsp3) is 0.766. The molecule has 1 saturated heterocycles. The fourth-order valence-corrected chi connectivity index (χ4v) is 9.14. The van der Waals surface area contributed by atoms with Crippen LogP contribution in [0.3, 0.4) is 0 Å². The summed E-state index contributed by atoms with van der Waals surface area (Å²) in [7, 11) is 6.91. The third-order valence-electron chi connectivity index (χ3n) is 12.7. The van der Waals surface area contributed by atoms with Gasteiger partial charge >= 0.3 is 5.97 Å². The van der Waals surface area contributed by atoms with E-state index in [1.165, 1.54) is 7.11 Å². The highest BCUT2D eigenvalue weighted by Gasteiger charge is 2.43. The van der Waals surface area contributed by atoms with Crippen LogP contribution in [-0.2, 0) is 39.9 Å². The summed E-state index contributed by atoms with van der Waals surface area (Å²) in [5.41, 5.74) is 0.852. The molecule has 1 N–H and O–H groups in total. The maximum atomic E-state index is 14.5. The summed E-state index contributed by atoms with van der Waals surface area (Å²) in [5, 5.41) is 9.98. The van der Waals surface area contributed by atoms with E-state index in [1.54, 1.807) is 30.9 Å². The van der Waals surface area contributed by atoms with E-state index in [4.69, 9.17) is 9.47 Å². The van der Waals surface area contributed by atoms with Crippen molar-refractivity contribution < 1.29 is 38.6 Å². The Labute approximate surface area is 350 Å². The number of carbonyl (C=O) groups is 5. The van der Waals surface area contributed by atoms with Crippen molar-refractivity contribution in [2.75, 3.05) is 41.4 Å². The number of hydrogen-bond donors (Lipinski definition) is 1. The molecule has 0 aliphatic carbocycles. The number of rotatable bonds is 27. The highest BCUT2D eigenvalue weighted by atomic mass is 16.5. The van der Waals surface area contributed by atoms with Crippen molar-refractivity contribution in [1.29, 1.82) is 0 Å². The molecular formula is C47H79N3O8. The predicted octanol–water partition coefficient (Wildman–Crippen LogP) is 7.43. The van der Waals surface area contributed by atoms with E-state index < -0.39 is 42.0 Å². The van der Waals surface area contributed by atoms with Crippen LogP contribution >= 0.6 is 0 Å². The van der Waals surface area contributed by atoms with Crippen molar-refractivity contribution in [3.8, 4) is 0 Å². The first-order valence-corrected chi connectivity index (χ1v) is 21.9. The number of carbonyl (C=O) groups excluding carboxylic acids is 4. The van der Waals surface area contributed by atoms with Gasteiger partial charge in [0.1, 0.15) is 5.78 Å². The second kappa shape index (κ2) is 24.8. The SMILES string of the molecule is CC[C@H](C)[C@@H]([C@@H](CC(=O)N1CCC[C@H]1[C@H](OC)[C@@H](C)C(=O)C[C@@H](Cc1ccccc1)C(=O)O)OC)N(C)C(=O)[C@@H](CC(=O)[C@H](C(C)C)N(C)CCCC(C)C)C(C)C. The lowest BCUT2D eigenvalue weighted by Gasteiger charge is -2.41. The fourth-order valence-electron chi connectivity index (χ4n) is 9.14. The Balaban J connectivity index is 2.27. The number of hydrogen-bond acceptors (Lipinski definition) is 8. The van der Waals surface area contributed by atoms with Crippen LogP contribution in [-0.4, -0.2) is 121 Å². The Morgan fingerprint density at radius 2 is 1.50 bits per heavy atom. The van der Waals surface area contributed by atoms with Crippen LogP contribution in [0, 0.1) is 41.4 Å². The van der Waals surface area contributed by atoms with Gasteiger partial charge in [-0.1, -0.05) is 99.1 Å². The summed E-state index contributed by atoms with van der Waals surface area (Å²) in [6.45, 7) is 19.7. The number of ether oxygens (including phenoxy) is 2. The summed E-state index contributed by atoms with van der Waals surface area (Å²) in [6, 6.07) is 8.20. The highest BCUT2D eigenvalue weighted by Crippen LogP contribution is 2.32. The summed E-state index contributed by atoms with van der Waals surface area (Å²) >= 11 is 0. The third-order valence-corrected chi connectivity index (χ3v) is 12.7. The van der Waals surface area contributed by atoms with Crippen molar-refractivity contribution in [2.24, 2.45) is 41.4 Å². The molecule has 11 nitrogen and oxygen atoms in total. The minimum absolute atomic E-state index is 0.0115. The van der Waals surface area contributed by atoms with Crippen LogP contribution in [0.25, 0.3) is 0 Å². The van der Waals surface area contributed by atoms with E-state index in [-0.39, 0.29) is 78.9 Å². The highest BCUT2D eigenvalue weighted by molar-refractivity contribution is 5.90. The quantitative estimate of drug-likeness (QED) is 0.0963. The summed E-state index contributed by atoms with van der Waals surface area (Å²) in [4.78, 5) is 74.4. The van der Waals surface area contributed by atoms with Gasteiger partial charge in [-0.05, 0) is 74.9 Å². The number of carboxylic acid groups (broad SMARTS) is 1. The molecule has 1 fully saturated rings. The summed E-state index contributed by atoms with van der Waals surface area (Å²) in [6.07, 6.45) is 3.28. The minimum Gasteiger partial charge on any atom is -0.481 e. The first-order valence-electron chi connectivity index (χ1n) is 21.9. The van der Waals surface area contributed by atoms with Gasteiger partial charge in [0.15, 0.2) is 5.78 Å². The molecule has 330 valence electrons. The zero-order valence-electron chi connectivity index (χ0n) is 38.2. The van der Waals surface area contributed by atoms with Gasteiger partial charge in [-0.3, -0.25) is 28.9 Å². The lowest BCUT2D eigenvalue weighted by Crippen LogP contribution is -2.54. The molecule has 11 heteroatoms. The molecule has 0 bridgehead atoms. The summed E-state index contributed by atoms with van der Waals surface area (Å²) < 4.78 is 12.0. The standard InChI is InChI=1S/C47H79N3O8/c1-14-33(8)44(49(11)46(54)37(31(4)5)28-40(52)43(32(6)7)48(10)24-18-20-30(2)3)41(57-12)29-42(53)50-25-19-23-38(50)45(58-13)34(9)39(51)27-36(47(55)56)26-35-21-16-15-17-22-35/h15-17,21-22,30-34,36-38,41,43-45H,14,18-20,23-29H2,1-13H3,(H,55,56)/t33-,34-,36+,37-,38-,41+,43-,44-,45+/m0/s1. The zero-order valence-corrected chi connectivity index (χ0v) is 38.2. The van der Waals surface area contributed by atoms with Gasteiger partial charge in [0.05, 0.1) is 42.7 Å². The Kier molecular flexibility index (Phi) is 21.8. The molecule has 9 atom stereocenters. The van der Waals surface area contributed by atoms with E-state index in [0.29, 0.717) is 18.9 Å². The third kappa shape index (κ3) is 14.5. The van der Waals surface area contributed by atoms with E-state index in [0.717, 1.165) is 37.8 Å². The molecule has 1 aliphatic rings. The molecule has 1 aromatic rings. The number of likely N-dealkylation sites (N-methyl/N-ethyl adjacent to an activating group) is 2.